The van der Waals surface area contributed by atoms with Crippen LogP contribution in [0, 0.1) is 6.92 Å². The molecule has 0 spiro atoms. The molecule has 2 aromatic carbocycles. The predicted octanol–water partition coefficient (Wildman–Crippen LogP) is 6.67. The minimum Gasteiger partial charge on any atom is -0.507 e. The number of phenolic OH excluding ortho intramolecular Hbond substituents is 1. The van der Waals surface area contributed by atoms with Gasteiger partial charge in [0, 0.05) is 11.8 Å². The summed E-state index contributed by atoms with van der Waals surface area (Å²) in [6.07, 6.45) is 12.1. The number of nitrogens with zero attached hydrogens (tertiary/aromatic N) is 1. The third-order valence-electron chi connectivity index (χ3n) is 5.22. The van der Waals surface area contributed by atoms with E-state index in [1.807, 2.05) is 36.4 Å². The molecule has 2 heteroatoms. The van der Waals surface area contributed by atoms with Crippen molar-refractivity contribution in [1.29, 1.82) is 0 Å². The van der Waals surface area contributed by atoms with Crippen LogP contribution in [0.15, 0.2) is 47.5 Å². The zero-order valence-corrected chi connectivity index (χ0v) is 15.2. The Kier molecular flexibility index (Phi) is 6.27. The molecule has 0 atom stereocenters. The van der Waals surface area contributed by atoms with E-state index >= 15 is 0 Å². The van der Waals surface area contributed by atoms with Crippen LogP contribution in [0.5, 0.6) is 5.75 Å². The summed E-state index contributed by atoms with van der Waals surface area (Å²) in [5, 5.41) is 10.9. The number of aliphatic imine (C=N–C) groups is 1. The molecule has 2 aromatic rings. The lowest BCUT2D eigenvalue weighted by Gasteiger charge is -2.19. The van der Waals surface area contributed by atoms with Gasteiger partial charge in [0.25, 0.3) is 0 Å². The normalized spacial score (nSPS) is 17.2. The summed E-state index contributed by atoms with van der Waals surface area (Å²) >= 11 is 0. The first kappa shape index (κ1) is 17.7. The van der Waals surface area contributed by atoms with Gasteiger partial charge in [-0.3, -0.25) is 4.99 Å². The van der Waals surface area contributed by atoms with Crippen LogP contribution in [0.25, 0.3) is 0 Å². The lowest BCUT2D eigenvalue weighted by atomic mass is 9.87. The van der Waals surface area contributed by atoms with Crippen molar-refractivity contribution in [2.75, 3.05) is 0 Å². The molecule has 0 saturated heterocycles. The first-order valence-corrected chi connectivity index (χ1v) is 9.66. The average Bonchev–Trinajstić information content (AvgIpc) is 2.77. The van der Waals surface area contributed by atoms with Crippen molar-refractivity contribution in [2.24, 2.45) is 4.99 Å². The smallest absolute Gasteiger partial charge is 0.127 e. The van der Waals surface area contributed by atoms with E-state index in [1.165, 1.54) is 56.9 Å². The van der Waals surface area contributed by atoms with E-state index < -0.39 is 0 Å². The lowest BCUT2D eigenvalue weighted by molar-refractivity contribution is 0.447. The molecule has 1 N–H and O–H groups in total. The van der Waals surface area contributed by atoms with Gasteiger partial charge >= 0.3 is 0 Å². The number of para-hydroxylation sites is 1. The molecular formula is C23H29NO. The van der Waals surface area contributed by atoms with Crippen molar-refractivity contribution in [2.45, 2.75) is 64.2 Å². The van der Waals surface area contributed by atoms with Crippen molar-refractivity contribution in [1.82, 2.24) is 0 Å². The Hall–Kier alpha value is -2.09. The molecule has 0 unspecified atom stereocenters. The van der Waals surface area contributed by atoms with Gasteiger partial charge in [-0.25, -0.2) is 0 Å². The maximum atomic E-state index is 10.9. The highest BCUT2D eigenvalue weighted by molar-refractivity contribution is 5.86. The Morgan fingerprint density at radius 2 is 1.56 bits per heavy atom. The highest BCUT2D eigenvalue weighted by atomic mass is 16.3. The maximum absolute atomic E-state index is 10.9. The Morgan fingerprint density at radius 3 is 2.24 bits per heavy atom. The third-order valence-corrected chi connectivity index (χ3v) is 5.22. The highest BCUT2D eigenvalue weighted by Gasteiger charge is 2.18. The largest absolute Gasteiger partial charge is 0.507 e. The number of hydrogen-bond acceptors (Lipinski definition) is 2. The first-order chi connectivity index (χ1) is 12.2. The van der Waals surface area contributed by atoms with E-state index in [1.54, 1.807) is 6.21 Å². The summed E-state index contributed by atoms with van der Waals surface area (Å²) < 4.78 is 0. The summed E-state index contributed by atoms with van der Waals surface area (Å²) in [5.41, 5.74) is 4.06. The minimum atomic E-state index is 0.425. The molecule has 0 aliphatic heterocycles. The summed E-state index contributed by atoms with van der Waals surface area (Å²) in [4.78, 5) is 4.53. The third kappa shape index (κ3) is 4.94. The molecule has 0 aromatic heterocycles. The van der Waals surface area contributed by atoms with Gasteiger partial charge in [0.2, 0.25) is 0 Å². The van der Waals surface area contributed by atoms with Crippen LogP contribution in [0.1, 0.15) is 74.0 Å². The number of aryl methyl sites for hydroxylation is 1. The Morgan fingerprint density at radius 1 is 0.920 bits per heavy atom. The van der Waals surface area contributed by atoms with E-state index in [4.69, 9.17) is 0 Å². The van der Waals surface area contributed by atoms with Gasteiger partial charge in [0.05, 0.1) is 5.69 Å². The van der Waals surface area contributed by atoms with Crippen molar-refractivity contribution in [3.63, 3.8) is 0 Å². The van der Waals surface area contributed by atoms with Crippen LogP contribution in [0.4, 0.5) is 5.69 Å². The quantitative estimate of drug-likeness (QED) is 0.624. The van der Waals surface area contributed by atoms with E-state index in [-0.39, 0.29) is 0 Å². The Balaban J connectivity index is 1.86. The molecular weight excluding hydrogens is 306 g/mol. The molecule has 1 aliphatic carbocycles. The molecule has 0 heterocycles. The second kappa shape index (κ2) is 8.84. The molecule has 0 radical (unpaired) electrons. The monoisotopic (exact) mass is 335 g/mol. The number of hydrogen-bond donors (Lipinski definition) is 1. The van der Waals surface area contributed by atoms with Crippen LogP contribution >= 0.6 is 0 Å². The van der Waals surface area contributed by atoms with Gasteiger partial charge in [0.1, 0.15) is 5.75 Å². The second-order valence-electron chi connectivity index (χ2n) is 7.28. The van der Waals surface area contributed by atoms with Gasteiger partial charge in [-0.15, -0.1) is 0 Å². The second-order valence-corrected chi connectivity index (χ2v) is 7.28. The number of rotatable bonds is 3. The zero-order chi connectivity index (χ0) is 17.5. The van der Waals surface area contributed by atoms with Crippen LogP contribution in [-0.4, -0.2) is 11.3 Å². The minimum absolute atomic E-state index is 0.425. The van der Waals surface area contributed by atoms with Gasteiger partial charge < -0.3 is 5.11 Å². The summed E-state index contributed by atoms with van der Waals surface area (Å²) in [7, 11) is 0. The van der Waals surface area contributed by atoms with Crippen LogP contribution < -0.4 is 0 Å². The fraction of sp³-hybridized carbons (Fsp3) is 0.435. The standard InChI is InChI=1S/C23H29NO/c1-18-15-20(17-24-21-13-9-6-10-14-21)23(25)22(16-18)19-11-7-4-2-3-5-8-12-19/h6,9-10,13-17,19,25H,2-5,7-8,11-12H2,1H3. The average molecular weight is 335 g/mol. The summed E-state index contributed by atoms with van der Waals surface area (Å²) in [6, 6.07) is 14.1. The van der Waals surface area contributed by atoms with Gasteiger partial charge in [-0.2, -0.15) is 0 Å². The summed E-state index contributed by atoms with van der Waals surface area (Å²) in [5.74, 6) is 0.899. The molecule has 25 heavy (non-hydrogen) atoms. The first-order valence-electron chi connectivity index (χ1n) is 9.66. The zero-order valence-electron chi connectivity index (χ0n) is 15.2. The predicted molar refractivity (Wildman–Crippen MR) is 106 cm³/mol. The fourth-order valence-electron chi connectivity index (χ4n) is 3.85. The van der Waals surface area contributed by atoms with Crippen molar-refractivity contribution >= 4 is 11.9 Å². The maximum Gasteiger partial charge on any atom is 0.127 e. The topological polar surface area (TPSA) is 32.6 Å². The SMILES string of the molecule is Cc1cc(C=Nc2ccccc2)c(O)c(C2CCCCCCCC2)c1. The van der Waals surface area contributed by atoms with Gasteiger partial charge in [-0.1, -0.05) is 62.8 Å². The molecule has 132 valence electrons. The van der Waals surface area contributed by atoms with E-state index in [0.717, 1.165) is 16.8 Å². The van der Waals surface area contributed by atoms with Crippen LogP contribution in [0.2, 0.25) is 0 Å². The Labute approximate surface area is 151 Å². The van der Waals surface area contributed by atoms with Gasteiger partial charge in [-0.05, 0) is 55.0 Å². The van der Waals surface area contributed by atoms with E-state index in [2.05, 4.69) is 18.0 Å². The van der Waals surface area contributed by atoms with Crippen molar-refractivity contribution in [3.8, 4) is 5.75 Å². The molecule has 3 rings (SSSR count). The van der Waals surface area contributed by atoms with Crippen LogP contribution in [-0.2, 0) is 0 Å². The number of phenols is 1. The van der Waals surface area contributed by atoms with Gasteiger partial charge in [0.15, 0.2) is 0 Å². The Bertz CT molecular complexity index is 696. The summed E-state index contributed by atoms with van der Waals surface area (Å²) in [6.45, 7) is 2.11. The lowest BCUT2D eigenvalue weighted by Crippen LogP contribution is -2.02. The molecule has 1 fully saturated rings. The van der Waals surface area contributed by atoms with Crippen molar-refractivity contribution in [3.05, 3.63) is 59.2 Å². The molecule has 0 amide bonds. The number of benzene rings is 2. The molecule has 0 bridgehead atoms. The highest BCUT2D eigenvalue weighted by Crippen LogP contribution is 2.37. The molecule has 1 aliphatic rings. The van der Waals surface area contributed by atoms with Crippen LogP contribution in [0.3, 0.4) is 0 Å². The van der Waals surface area contributed by atoms with E-state index in [9.17, 15) is 5.11 Å². The van der Waals surface area contributed by atoms with Crippen molar-refractivity contribution < 1.29 is 5.11 Å². The molecule has 1 saturated carbocycles. The number of aromatic hydroxyl groups is 1. The van der Waals surface area contributed by atoms with E-state index in [0.29, 0.717) is 11.7 Å². The fourth-order valence-corrected chi connectivity index (χ4v) is 3.85. The molecule has 2 nitrogen and oxygen atoms in total.